The Hall–Kier alpha value is -3.93. The molecular weight excluding hydrogens is 354 g/mol. The molecule has 4 aromatic rings. The van der Waals surface area contributed by atoms with E-state index >= 15 is 0 Å². The summed E-state index contributed by atoms with van der Waals surface area (Å²) in [4.78, 5) is 29.3. The lowest BCUT2D eigenvalue weighted by atomic mass is 10.2. The first-order valence-corrected chi connectivity index (χ1v) is 8.71. The minimum Gasteiger partial charge on any atom is -0.457 e. The van der Waals surface area contributed by atoms with Gasteiger partial charge in [0.05, 0.1) is 0 Å². The van der Waals surface area contributed by atoms with E-state index in [4.69, 9.17) is 4.74 Å². The number of para-hydroxylation sites is 1. The Morgan fingerprint density at radius 1 is 0.964 bits per heavy atom. The summed E-state index contributed by atoms with van der Waals surface area (Å²) in [6, 6.07) is 21.5. The van der Waals surface area contributed by atoms with E-state index in [2.05, 4.69) is 10.3 Å². The zero-order valence-electron chi connectivity index (χ0n) is 15.1. The molecule has 2 aromatic heterocycles. The van der Waals surface area contributed by atoms with Crippen molar-refractivity contribution >= 4 is 22.6 Å². The van der Waals surface area contributed by atoms with Crippen LogP contribution in [0.3, 0.4) is 0 Å². The fraction of sp³-hybridized carbons (Fsp3) is 0.0455. The van der Waals surface area contributed by atoms with Gasteiger partial charge in [-0.3, -0.25) is 14.2 Å². The van der Waals surface area contributed by atoms with Gasteiger partial charge in [0, 0.05) is 24.3 Å². The van der Waals surface area contributed by atoms with E-state index in [0.717, 1.165) is 11.1 Å². The Kier molecular flexibility index (Phi) is 4.60. The quantitative estimate of drug-likeness (QED) is 0.589. The maximum atomic E-state index is 12.6. The Morgan fingerprint density at radius 2 is 1.68 bits per heavy atom. The minimum atomic E-state index is -0.469. The molecular formula is C22H17N3O3. The molecule has 138 valence electrons. The van der Waals surface area contributed by atoms with E-state index in [1.807, 2.05) is 36.4 Å². The van der Waals surface area contributed by atoms with Gasteiger partial charge < -0.3 is 10.1 Å². The van der Waals surface area contributed by atoms with Crippen LogP contribution in [0.1, 0.15) is 10.4 Å². The number of aryl methyl sites for hydroxylation is 1. The number of ether oxygens (including phenoxy) is 1. The molecule has 0 aliphatic rings. The van der Waals surface area contributed by atoms with Crippen LogP contribution in [0.5, 0.6) is 11.5 Å². The number of hydrogen-bond acceptors (Lipinski definition) is 4. The summed E-state index contributed by atoms with van der Waals surface area (Å²) in [5, 5.41) is 3.48. The number of rotatable bonds is 4. The van der Waals surface area contributed by atoms with Crippen LogP contribution in [-0.2, 0) is 7.05 Å². The number of amides is 1. The first-order valence-electron chi connectivity index (χ1n) is 8.71. The zero-order valence-corrected chi connectivity index (χ0v) is 15.1. The number of benzene rings is 2. The first kappa shape index (κ1) is 17.5. The molecule has 4 rings (SSSR count). The van der Waals surface area contributed by atoms with E-state index in [1.54, 1.807) is 49.6 Å². The largest absolute Gasteiger partial charge is 0.457 e. The Labute approximate surface area is 161 Å². The molecule has 0 spiro atoms. The Bertz CT molecular complexity index is 1200. The molecule has 2 heterocycles. The molecule has 2 aromatic carbocycles. The third-order valence-electron chi connectivity index (χ3n) is 4.31. The van der Waals surface area contributed by atoms with Gasteiger partial charge in [-0.05, 0) is 54.6 Å². The molecule has 6 heteroatoms. The van der Waals surface area contributed by atoms with E-state index < -0.39 is 11.5 Å². The van der Waals surface area contributed by atoms with Gasteiger partial charge in [0.1, 0.15) is 22.7 Å². The molecule has 0 saturated carbocycles. The number of fused-ring (bicyclic) bond motifs is 1. The summed E-state index contributed by atoms with van der Waals surface area (Å²) in [6.45, 7) is 0. The number of hydrogen-bond donors (Lipinski definition) is 1. The van der Waals surface area contributed by atoms with E-state index in [1.165, 1.54) is 4.57 Å². The number of carbonyl (C=O) groups is 1. The van der Waals surface area contributed by atoms with Gasteiger partial charge in [-0.2, -0.15) is 0 Å². The van der Waals surface area contributed by atoms with Crippen LogP contribution in [-0.4, -0.2) is 15.5 Å². The lowest BCUT2D eigenvalue weighted by Crippen LogP contribution is -2.28. The molecule has 0 radical (unpaired) electrons. The third kappa shape index (κ3) is 3.48. The number of carbonyl (C=O) groups excluding carboxylic acids is 1. The van der Waals surface area contributed by atoms with Crippen molar-refractivity contribution in [2.45, 2.75) is 0 Å². The average Bonchev–Trinajstić information content (AvgIpc) is 2.73. The van der Waals surface area contributed by atoms with Gasteiger partial charge in [-0.1, -0.05) is 18.2 Å². The van der Waals surface area contributed by atoms with Crippen molar-refractivity contribution in [2.75, 3.05) is 5.32 Å². The van der Waals surface area contributed by atoms with Crippen LogP contribution in [0.15, 0.2) is 83.8 Å². The fourth-order valence-electron chi connectivity index (χ4n) is 2.89. The van der Waals surface area contributed by atoms with Crippen LogP contribution in [0.25, 0.3) is 11.0 Å². The number of anilines is 1. The summed E-state index contributed by atoms with van der Waals surface area (Å²) in [5.41, 5.74) is 0.769. The second-order valence-electron chi connectivity index (χ2n) is 6.23. The minimum absolute atomic E-state index is 0.0626. The SMILES string of the molecule is Cn1c(=O)c(C(=O)Nc2ccc(Oc3ccccc3)cc2)cc2cccnc21. The second kappa shape index (κ2) is 7.36. The topological polar surface area (TPSA) is 73.2 Å². The van der Waals surface area contributed by atoms with Crippen LogP contribution >= 0.6 is 0 Å². The maximum absolute atomic E-state index is 12.6. The molecule has 0 saturated heterocycles. The van der Waals surface area contributed by atoms with Crippen molar-refractivity contribution < 1.29 is 9.53 Å². The smallest absolute Gasteiger partial charge is 0.264 e. The number of aromatic nitrogens is 2. The average molecular weight is 371 g/mol. The lowest BCUT2D eigenvalue weighted by molar-refractivity contribution is 0.102. The van der Waals surface area contributed by atoms with Gasteiger partial charge in [0.15, 0.2) is 0 Å². The number of nitrogens with zero attached hydrogens (tertiary/aromatic N) is 2. The monoisotopic (exact) mass is 371 g/mol. The van der Waals surface area contributed by atoms with Gasteiger partial charge >= 0.3 is 0 Å². The summed E-state index contributed by atoms with van der Waals surface area (Å²) >= 11 is 0. The Morgan fingerprint density at radius 3 is 2.43 bits per heavy atom. The van der Waals surface area contributed by atoms with Crippen molar-refractivity contribution in [1.29, 1.82) is 0 Å². The lowest BCUT2D eigenvalue weighted by Gasteiger charge is -2.10. The van der Waals surface area contributed by atoms with Crippen molar-refractivity contribution in [3.05, 3.63) is 94.9 Å². The summed E-state index contributed by atoms with van der Waals surface area (Å²) < 4.78 is 7.11. The molecule has 0 atom stereocenters. The maximum Gasteiger partial charge on any atom is 0.264 e. The Balaban J connectivity index is 1.55. The fourth-order valence-corrected chi connectivity index (χ4v) is 2.89. The normalized spacial score (nSPS) is 10.6. The summed E-state index contributed by atoms with van der Waals surface area (Å²) in [5.74, 6) is 0.910. The van der Waals surface area contributed by atoms with Gasteiger partial charge in [-0.25, -0.2) is 4.98 Å². The van der Waals surface area contributed by atoms with E-state index in [0.29, 0.717) is 17.1 Å². The highest BCUT2D eigenvalue weighted by Gasteiger charge is 2.15. The second-order valence-corrected chi connectivity index (χ2v) is 6.23. The van der Waals surface area contributed by atoms with Gasteiger partial charge in [0.2, 0.25) is 0 Å². The molecule has 0 aliphatic carbocycles. The first-order chi connectivity index (χ1) is 13.6. The van der Waals surface area contributed by atoms with Crippen molar-refractivity contribution in [2.24, 2.45) is 7.05 Å². The third-order valence-corrected chi connectivity index (χ3v) is 4.31. The van der Waals surface area contributed by atoms with Crippen molar-refractivity contribution in [1.82, 2.24) is 9.55 Å². The van der Waals surface area contributed by atoms with Crippen molar-refractivity contribution in [3.63, 3.8) is 0 Å². The number of pyridine rings is 2. The van der Waals surface area contributed by atoms with Gasteiger partial charge in [-0.15, -0.1) is 0 Å². The zero-order chi connectivity index (χ0) is 19.5. The van der Waals surface area contributed by atoms with Crippen LogP contribution < -0.4 is 15.6 Å². The molecule has 28 heavy (non-hydrogen) atoms. The highest BCUT2D eigenvalue weighted by atomic mass is 16.5. The predicted octanol–water partition coefficient (Wildman–Crippen LogP) is 3.98. The molecule has 0 aliphatic heterocycles. The van der Waals surface area contributed by atoms with Crippen LogP contribution in [0.4, 0.5) is 5.69 Å². The summed E-state index contributed by atoms with van der Waals surface area (Å²) in [7, 11) is 1.60. The van der Waals surface area contributed by atoms with Gasteiger partial charge in [0.25, 0.3) is 11.5 Å². The van der Waals surface area contributed by atoms with E-state index in [-0.39, 0.29) is 5.56 Å². The van der Waals surface area contributed by atoms with Crippen LogP contribution in [0, 0.1) is 0 Å². The molecule has 6 nitrogen and oxygen atoms in total. The highest BCUT2D eigenvalue weighted by Crippen LogP contribution is 2.23. The molecule has 0 unspecified atom stereocenters. The molecule has 1 N–H and O–H groups in total. The predicted molar refractivity (Wildman–Crippen MR) is 108 cm³/mol. The summed E-state index contributed by atoms with van der Waals surface area (Å²) in [6.07, 6.45) is 1.61. The highest BCUT2D eigenvalue weighted by molar-refractivity contribution is 6.05. The molecule has 0 fully saturated rings. The molecule has 0 bridgehead atoms. The molecule has 1 amide bonds. The standard InChI is InChI=1S/C22H17N3O3/c1-25-20-15(6-5-13-23-20)14-19(22(25)27)21(26)24-16-9-11-18(12-10-16)28-17-7-3-2-4-8-17/h2-14H,1H3,(H,24,26). The number of nitrogens with one attached hydrogen (secondary N) is 1. The van der Waals surface area contributed by atoms with E-state index in [9.17, 15) is 9.59 Å². The van der Waals surface area contributed by atoms with Crippen molar-refractivity contribution in [3.8, 4) is 11.5 Å². The van der Waals surface area contributed by atoms with Crippen LogP contribution in [0.2, 0.25) is 0 Å².